The van der Waals surface area contributed by atoms with Gasteiger partial charge < -0.3 is 0 Å². The molecule has 0 atom stereocenters. The van der Waals surface area contributed by atoms with Gasteiger partial charge >= 0.3 is 0 Å². The number of hydrogen-bond donors (Lipinski definition) is 0. The van der Waals surface area contributed by atoms with E-state index in [2.05, 4.69) is 62.3 Å². The molecule has 0 heterocycles. The van der Waals surface area contributed by atoms with Crippen molar-refractivity contribution in [1.29, 1.82) is 0 Å². The molecule has 2 nitrogen and oxygen atoms in total. The Labute approximate surface area is 75.2 Å². The van der Waals surface area contributed by atoms with Crippen LogP contribution in [0.5, 0.6) is 0 Å². The molecule has 0 saturated carbocycles. The summed E-state index contributed by atoms with van der Waals surface area (Å²) in [7, 11) is 8.39. The van der Waals surface area contributed by atoms with E-state index in [1.54, 1.807) is 0 Å². The molecule has 0 radical (unpaired) electrons. The molecule has 0 aromatic rings. The summed E-state index contributed by atoms with van der Waals surface area (Å²) in [6.07, 6.45) is 9.96. The molecule has 0 bridgehead atoms. The van der Waals surface area contributed by atoms with Gasteiger partial charge in [0.1, 0.15) is 5.66 Å². The molecule has 1 rings (SSSR count). The highest BCUT2D eigenvalue weighted by molar-refractivity contribution is 5.22. The van der Waals surface area contributed by atoms with Crippen LogP contribution in [0.25, 0.3) is 0 Å². The van der Waals surface area contributed by atoms with E-state index in [0.29, 0.717) is 0 Å². The molecule has 0 N–H and O–H groups in total. The summed E-state index contributed by atoms with van der Waals surface area (Å²) in [6, 6.07) is 0. The summed E-state index contributed by atoms with van der Waals surface area (Å²) in [5.41, 5.74) is -0.0156. The third-order valence-corrected chi connectivity index (χ3v) is 2.43. The predicted octanol–water partition coefficient (Wildman–Crippen LogP) is 1.32. The lowest BCUT2D eigenvalue weighted by molar-refractivity contribution is 0.0959. The first kappa shape index (κ1) is 9.49. The Morgan fingerprint density at radius 2 is 1.33 bits per heavy atom. The number of nitrogens with zero attached hydrogens (tertiary/aromatic N) is 2. The highest BCUT2D eigenvalue weighted by Gasteiger charge is 2.29. The second kappa shape index (κ2) is 3.42. The van der Waals surface area contributed by atoms with E-state index < -0.39 is 0 Å². The van der Waals surface area contributed by atoms with Crippen molar-refractivity contribution in [2.24, 2.45) is 0 Å². The maximum atomic E-state index is 2.24. The summed E-state index contributed by atoms with van der Waals surface area (Å²) in [6.45, 7) is 0. The van der Waals surface area contributed by atoms with Crippen LogP contribution in [0.2, 0.25) is 0 Å². The summed E-state index contributed by atoms with van der Waals surface area (Å²) in [4.78, 5) is 4.42. The van der Waals surface area contributed by atoms with E-state index in [4.69, 9.17) is 0 Å². The molecule has 0 saturated heterocycles. The average molecular weight is 166 g/mol. The maximum absolute atomic E-state index is 2.24. The molecule has 1 aliphatic carbocycles. The fourth-order valence-corrected chi connectivity index (χ4v) is 1.61. The number of rotatable bonds is 2. The minimum atomic E-state index is -0.0156. The van der Waals surface area contributed by atoms with Gasteiger partial charge in [-0.2, -0.15) is 0 Å². The molecule has 0 aromatic heterocycles. The minimum absolute atomic E-state index is 0.0156. The first-order valence-electron chi connectivity index (χ1n) is 4.30. The Kier molecular flexibility index (Phi) is 2.70. The quantitative estimate of drug-likeness (QED) is 0.451. The lowest BCUT2D eigenvalue weighted by atomic mass is 10.0. The second-order valence-corrected chi connectivity index (χ2v) is 3.61. The van der Waals surface area contributed by atoms with Crippen molar-refractivity contribution < 1.29 is 0 Å². The van der Waals surface area contributed by atoms with Crippen LogP contribution < -0.4 is 0 Å². The van der Waals surface area contributed by atoms with Crippen molar-refractivity contribution in [2.45, 2.75) is 12.1 Å². The van der Waals surface area contributed by atoms with E-state index in [1.165, 1.54) is 0 Å². The van der Waals surface area contributed by atoms with Crippen molar-refractivity contribution in [3.05, 3.63) is 24.3 Å². The first-order valence-corrected chi connectivity index (χ1v) is 4.30. The zero-order valence-corrected chi connectivity index (χ0v) is 8.41. The van der Waals surface area contributed by atoms with Crippen molar-refractivity contribution >= 4 is 0 Å². The Morgan fingerprint density at radius 3 is 1.58 bits per heavy atom. The zero-order chi connectivity index (χ0) is 9.19. The van der Waals surface area contributed by atoms with E-state index in [-0.39, 0.29) is 5.66 Å². The Bertz CT molecular complexity index is 180. The molecule has 68 valence electrons. The Hall–Kier alpha value is -0.600. The molecule has 0 spiro atoms. The Balaban J connectivity index is 2.93. The van der Waals surface area contributed by atoms with Crippen LogP contribution in [0.4, 0.5) is 0 Å². The molecular weight excluding hydrogens is 148 g/mol. The number of hydrogen-bond acceptors (Lipinski definition) is 2. The zero-order valence-electron chi connectivity index (χ0n) is 8.41. The fraction of sp³-hybridized carbons (Fsp3) is 0.600. The van der Waals surface area contributed by atoms with Crippen LogP contribution in [-0.2, 0) is 0 Å². The summed E-state index contributed by atoms with van der Waals surface area (Å²) < 4.78 is 0. The molecule has 0 amide bonds. The lowest BCUT2D eigenvalue weighted by Crippen LogP contribution is -2.52. The standard InChI is InChI=1S/C10H18N2/c1-11(2)10(12(3)4)8-6-5-7-9-10/h6-9H,5H2,1-4H3. The molecule has 2 heteroatoms. The van der Waals surface area contributed by atoms with Crippen molar-refractivity contribution in [1.82, 2.24) is 9.80 Å². The highest BCUT2D eigenvalue weighted by Crippen LogP contribution is 2.22. The molecule has 0 unspecified atom stereocenters. The summed E-state index contributed by atoms with van der Waals surface area (Å²) in [5, 5.41) is 0. The van der Waals surface area contributed by atoms with Gasteiger partial charge in [0.15, 0.2) is 0 Å². The van der Waals surface area contributed by atoms with Crippen molar-refractivity contribution in [2.75, 3.05) is 28.2 Å². The molecule has 12 heavy (non-hydrogen) atoms. The molecule has 1 aliphatic rings. The summed E-state index contributed by atoms with van der Waals surface area (Å²) in [5.74, 6) is 0. The number of likely N-dealkylation sites (N-methyl/N-ethyl adjacent to an activating group) is 2. The van der Waals surface area contributed by atoms with Gasteiger partial charge in [-0.15, -0.1) is 0 Å². The first-order chi connectivity index (χ1) is 5.59. The van der Waals surface area contributed by atoms with Crippen LogP contribution in [0.15, 0.2) is 24.3 Å². The van der Waals surface area contributed by atoms with Gasteiger partial charge in [-0.05, 0) is 46.8 Å². The van der Waals surface area contributed by atoms with Crippen molar-refractivity contribution in [3.63, 3.8) is 0 Å². The van der Waals surface area contributed by atoms with Gasteiger partial charge in [0, 0.05) is 0 Å². The maximum Gasteiger partial charge on any atom is 0.111 e. The molecule has 0 aromatic carbocycles. The third kappa shape index (κ3) is 1.45. The van der Waals surface area contributed by atoms with Crippen LogP contribution in [-0.4, -0.2) is 43.7 Å². The number of allylic oxidation sites excluding steroid dienone is 2. The lowest BCUT2D eigenvalue weighted by Gasteiger charge is -2.41. The van der Waals surface area contributed by atoms with Crippen LogP contribution >= 0.6 is 0 Å². The van der Waals surface area contributed by atoms with E-state index in [1.807, 2.05) is 0 Å². The normalized spacial score (nSPS) is 20.8. The highest BCUT2D eigenvalue weighted by atomic mass is 15.4. The van der Waals surface area contributed by atoms with Crippen LogP contribution in [0.1, 0.15) is 6.42 Å². The van der Waals surface area contributed by atoms with Gasteiger partial charge in [-0.3, -0.25) is 9.80 Å². The summed E-state index contributed by atoms with van der Waals surface area (Å²) >= 11 is 0. The van der Waals surface area contributed by atoms with E-state index in [0.717, 1.165) is 6.42 Å². The van der Waals surface area contributed by atoms with Gasteiger partial charge in [0.25, 0.3) is 0 Å². The van der Waals surface area contributed by atoms with Gasteiger partial charge in [0.05, 0.1) is 0 Å². The largest absolute Gasteiger partial charge is 0.285 e. The van der Waals surface area contributed by atoms with E-state index >= 15 is 0 Å². The van der Waals surface area contributed by atoms with Crippen LogP contribution in [0.3, 0.4) is 0 Å². The smallest absolute Gasteiger partial charge is 0.111 e. The van der Waals surface area contributed by atoms with E-state index in [9.17, 15) is 0 Å². The van der Waals surface area contributed by atoms with Gasteiger partial charge in [-0.25, -0.2) is 0 Å². The molecule has 0 aliphatic heterocycles. The minimum Gasteiger partial charge on any atom is -0.285 e. The molecular formula is C10H18N2. The van der Waals surface area contributed by atoms with Crippen LogP contribution in [0, 0.1) is 0 Å². The average Bonchev–Trinajstić information content (AvgIpc) is 2.05. The van der Waals surface area contributed by atoms with Gasteiger partial charge in [-0.1, -0.05) is 12.2 Å². The monoisotopic (exact) mass is 166 g/mol. The second-order valence-electron chi connectivity index (χ2n) is 3.61. The van der Waals surface area contributed by atoms with Gasteiger partial charge in [0.2, 0.25) is 0 Å². The fourth-order valence-electron chi connectivity index (χ4n) is 1.61. The SMILES string of the molecule is CN(C)C1(N(C)C)C=CCC=C1. The topological polar surface area (TPSA) is 6.48 Å². The Morgan fingerprint density at radius 1 is 0.917 bits per heavy atom. The third-order valence-electron chi connectivity index (χ3n) is 2.43. The van der Waals surface area contributed by atoms with Crippen molar-refractivity contribution in [3.8, 4) is 0 Å². The molecule has 0 fully saturated rings. The predicted molar refractivity (Wildman–Crippen MR) is 53.0 cm³/mol.